The van der Waals surface area contributed by atoms with Gasteiger partial charge in [-0.1, -0.05) is 31.7 Å². The fraction of sp³-hybridized carbons (Fsp3) is 0.480. The largest absolute Gasteiger partial charge is 0.497 e. The molecular weight excluding hydrogens is 454 g/mol. The smallest absolute Gasteiger partial charge is 0.267 e. The lowest BCUT2D eigenvalue weighted by Crippen LogP contribution is -2.42. The number of hydrogen-bond acceptors (Lipinski definition) is 6. The summed E-state index contributed by atoms with van der Waals surface area (Å²) < 4.78 is 7.03. The van der Waals surface area contributed by atoms with Crippen molar-refractivity contribution >= 4 is 39.2 Å². The molecule has 0 unspecified atom stereocenters. The molecule has 0 bridgehead atoms. The fourth-order valence-corrected chi connectivity index (χ4v) is 6.47. The molecule has 1 amide bonds. The number of ether oxygens (including phenoxy) is 1. The van der Waals surface area contributed by atoms with Gasteiger partial charge in [0.1, 0.15) is 10.6 Å². The molecule has 6 nitrogen and oxygen atoms in total. The van der Waals surface area contributed by atoms with Crippen molar-refractivity contribution in [3.8, 4) is 11.4 Å². The fourth-order valence-electron chi connectivity index (χ4n) is 4.30. The average molecular weight is 486 g/mol. The average Bonchev–Trinajstić information content (AvgIpc) is 3.14. The Bertz CT molecular complexity index is 1230. The maximum Gasteiger partial charge on any atom is 0.267 e. The minimum absolute atomic E-state index is 0.101. The molecule has 3 heterocycles. The van der Waals surface area contributed by atoms with Crippen molar-refractivity contribution in [1.82, 2.24) is 14.5 Å². The summed E-state index contributed by atoms with van der Waals surface area (Å²) in [4.78, 5) is 35.7. The summed E-state index contributed by atoms with van der Waals surface area (Å²) >= 11 is 2.93. The maximum absolute atomic E-state index is 13.8. The van der Waals surface area contributed by atoms with E-state index in [1.807, 2.05) is 43.0 Å². The van der Waals surface area contributed by atoms with Crippen LogP contribution in [-0.4, -0.2) is 45.8 Å². The monoisotopic (exact) mass is 485 g/mol. The molecule has 1 fully saturated rings. The molecule has 0 spiro atoms. The highest BCUT2D eigenvalue weighted by Crippen LogP contribution is 2.33. The van der Waals surface area contributed by atoms with Gasteiger partial charge in [0.15, 0.2) is 5.16 Å². The molecule has 1 aliphatic rings. The first kappa shape index (κ1) is 23.8. The molecule has 2 aromatic heterocycles. The second-order valence-corrected chi connectivity index (χ2v) is 11.1. The van der Waals surface area contributed by atoms with Crippen LogP contribution in [0.2, 0.25) is 0 Å². The number of methoxy groups -OCH3 is 1. The van der Waals surface area contributed by atoms with Gasteiger partial charge in [0.25, 0.3) is 5.56 Å². The molecule has 0 N–H and O–H groups in total. The predicted molar refractivity (Wildman–Crippen MR) is 136 cm³/mol. The van der Waals surface area contributed by atoms with E-state index in [1.54, 1.807) is 23.0 Å². The number of fused-ring (bicyclic) bond motifs is 1. The molecule has 0 saturated carbocycles. The molecule has 176 valence electrons. The molecule has 1 saturated heterocycles. The SMILES string of the molecule is CCc1sc2nc(S[C@H](C)C(=O)N3CCC(C)CC3)n(-c3cccc(OC)c3)c(=O)c2c1C. The number of thiophene rings is 1. The zero-order valence-electron chi connectivity index (χ0n) is 19.9. The number of nitrogens with zero attached hydrogens (tertiary/aromatic N) is 3. The molecular formula is C25H31N3O3S2. The lowest BCUT2D eigenvalue weighted by molar-refractivity contribution is -0.131. The molecule has 8 heteroatoms. The summed E-state index contributed by atoms with van der Waals surface area (Å²) in [5, 5.41) is 0.857. The third-order valence-corrected chi connectivity index (χ3v) is 8.76. The minimum atomic E-state index is -0.341. The van der Waals surface area contributed by atoms with Crippen molar-refractivity contribution < 1.29 is 9.53 Å². The summed E-state index contributed by atoms with van der Waals surface area (Å²) in [6.45, 7) is 9.82. The quantitative estimate of drug-likeness (QED) is 0.360. The number of carbonyl (C=O) groups is 1. The molecule has 4 rings (SSSR count). The third-order valence-electron chi connectivity index (χ3n) is 6.39. The predicted octanol–water partition coefficient (Wildman–Crippen LogP) is 5.07. The van der Waals surface area contributed by atoms with Crippen LogP contribution in [0.3, 0.4) is 0 Å². The van der Waals surface area contributed by atoms with Gasteiger partial charge in [-0.15, -0.1) is 11.3 Å². The molecule has 0 aliphatic carbocycles. The van der Waals surface area contributed by atoms with Gasteiger partial charge in [-0.05, 0) is 56.7 Å². The van der Waals surface area contributed by atoms with Gasteiger partial charge in [0, 0.05) is 24.0 Å². The third kappa shape index (κ3) is 4.68. The maximum atomic E-state index is 13.8. The summed E-state index contributed by atoms with van der Waals surface area (Å²) in [5.41, 5.74) is 1.58. The number of likely N-dealkylation sites (tertiary alicyclic amines) is 1. The number of carbonyl (C=O) groups excluding carboxylic acids is 1. The number of hydrogen-bond donors (Lipinski definition) is 0. The van der Waals surface area contributed by atoms with Crippen LogP contribution < -0.4 is 10.3 Å². The first-order chi connectivity index (χ1) is 15.8. The Kier molecular flexibility index (Phi) is 7.14. The van der Waals surface area contributed by atoms with Crippen molar-refractivity contribution in [2.45, 2.75) is 57.4 Å². The van der Waals surface area contributed by atoms with Gasteiger partial charge in [0.05, 0.1) is 23.4 Å². The Hall–Kier alpha value is -2.32. The summed E-state index contributed by atoms with van der Waals surface area (Å²) in [6.07, 6.45) is 2.93. The van der Waals surface area contributed by atoms with E-state index >= 15 is 0 Å². The standard InChI is InChI=1S/C25H31N3O3S2/c1-6-20-16(3)21-22(33-20)26-25(28(24(21)30)18-8-7-9-19(14-18)31-5)32-17(4)23(29)27-12-10-15(2)11-13-27/h7-9,14-15,17H,6,10-13H2,1-5H3/t17-/m1/s1. The molecule has 0 radical (unpaired) electrons. The van der Waals surface area contributed by atoms with Crippen LogP contribution in [-0.2, 0) is 11.2 Å². The van der Waals surface area contributed by atoms with Crippen LogP contribution in [0.25, 0.3) is 15.9 Å². The van der Waals surface area contributed by atoms with Crippen molar-refractivity contribution in [3.63, 3.8) is 0 Å². The lowest BCUT2D eigenvalue weighted by Gasteiger charge is -2.32. The van der Waals surface area contributed by atoms with Crippen LogP contribution >= 0.6 is 23.1 Å². The number of piperidine rings is 1. The molecule has 1 aliphatic heterocycles. The van der Waals surface area contributed by atoms with Crippen LogP contribution in [0.4, 0.5) is 0 Å². The van der Waals surface area contributed by atoms with Crippen molar-refractivity contribution in [2.75, 3.05) is 20.2 Å². The zero-order valence-corrected chi connectivity index (χ0v) is 21.5. The first-order valence-corrected chi connectivity index (χ1v) is 13.2. The Morgan fingerprint density at radius 2 is 2.06 bits per heavy atom. The van der Waals surface area contributed by atoms with E-state index < -0.39 is 0 Å². The Morgan fingerprint density at radius 3 is 2.73 bits per heavy atom. The van der Waals surface area contributed by atoms with E-state index in [2.05, 4.69) is 13.8 Å². The minimum Gasteiger partial charge on any atom is -0.497 e. The van der Waals surface area contributed by atoms with Crippen LogP contribution in [0.5, 0.6) is 5.75 Å². The van der Waals surface area contributed by atoms with Crippen molar-refractivity contribution in [1.29, 1.82) is 0 Å². The molecule has 1 aromatic carbocycles. The highest BCUT2D eigenvalue weighted by Gasteiger charge is 2.27. The van der Waals surface area contributed by atoms with Crippen molar-refractivity contribution in [2.24, 2.45) is 5.92 Å². The Balaban J connectivity index is 1.79. The van der Waals surface area contributed by atoms with E-state index in [0.717, 1.165) is 42.7 Å². The van der Waals surface area contributed by atoms with Gasteiger partial charge in [-0.2, -0.15) is 0 Å². The normalized spacial score (nSPS) is 15.7. The summed E-state index contributed by atoms with van der Waals surface area (Å²) in [5.74, 6) is 1.43. The van der Waals surface area contributed by atoms with E-state index in [1.165, 1.54) is 16.6 Å². The number of aromatic nitrogens is 2. The highest BCUT2D eigenvalue weighted by atomic mass is 32.2. The van der Waals surface area contributed by atoms with Gasteiger partial charge in [-0.3, -0.25) is 14.2 Å². The molecule has 3 aromatic rings. The van der Waals surface area contributed by atoms with Crippen LogP contribution in [0.1, 0.15) is 44.1 Å². The van der Waals surface area contributed by atoms with E-state index in [9.17, 15) is 9.59 Å². The number of thioether (sulfide) groups is 1. The van der Waals surface area contributed by atoms with Crippen molar-refractivity contribution in [3.05, 3.63) is 45.1 Å². The van der Waals surface area contributed by atoms with E-state index in [4.69, 9.17) is 9.72 Å². The number of aryl methyl sites for hydroxylation is 2. The van der Waals surface area contributed by atoms with Crippen LogP contribution in [0.15, 0.2) is 34.2 Å². The molecule has 33 heavy (non-hydrogen) atoms. The number of rotatable bonds is 6. The van der Waals surface area contributed by atoms with E-state index in [-0.39, 0.29) is 16.7 Å². The van der Waals surface area contributed by atoms with Gasteiger partial charge < -0.3 is 9.64 Å². The summed E-state index contributed by atoms with van der Waals surface area (Å²) in [7, 11) is 1.61. The lowest BCUT2D eigenvalue weighted by atomic mass is 9.99. The molecule has 1 atom stereocenters. The van der Waals surface area contributed by atoms with E-state index in [0.29, 0.717) is 27.9 Å². The summed E-state index contributed by atoms with van der Waals surface area (Å²) in [6, 6.07) is 7.42. The van der Waals surface area contributed by atoms with Gasteiger partial charge in [0.2, 0.25) is 5.91 Å². The highest BCUT2D eigenvalue weighted by molar-refractivity contribution is 8.00. The number of amides is 1. The van der Waals surface area contributed by atoms with Crippen LogP contribution in [0, 0.1) is 12.8 Å². The topological polar surface area (TPSA) is 64.4 Å². The van der Waals surface area contributed by atoms with Gasteiger partial charge in [-0.25, -0.2) is 4.98 Å². The Morgan fingerprint density at radius 1 is 1.33 bits per heavy atom. The zero-order chi connectivity index (χ0) is 23.7. The number of benzene rings is 1. The Labute approximate surface area is 203 Å². The first-order valence-electron chi connectivity index (χ1n) is 11.5. The second-order valence-electron chi connectivity index (χ2n) is 8.69. The van der Waals surface area contributed by atoms with Gasteiger partial charge >= 0.3 is 0 Å². The second kappa shape index (κ2) is 9.89.